The van der Waals surface area contributed by atoms with Crippen LogP contribution in [0.25, 0.3) is 5.76 Å². The van der Waals surface area contributed by atoms with Crippen molar-refractivity contribution in [3.05, 3.63) is 75.5 Å². The summed E-state index contributed by atoms with van der Waals surface area (Å²) in [6.45, 7) is 5.85. The van der Waals surface area contributed by atoms with Crippen molar-refractivity contribution in [2.24, 2.45) is 0 Å². The Balaban J connectivity index is 1.95. The Morgan fingerprint density at radius 3 is 2.26 bits per heavy atom. The molecular weight excluding hydrogens is 516 g/mol. The number of ketones is 1. The third-order valence-corrected chi connectivity index (χ3v) is 6.30. The lowest BCUT2D eigenvalue weighted by Gasteiger charge is -2.23. The van der Waals surface area contributed by atoms with Crippen molar-refractivity contribution < 1.29 is 28.7 Å². The number of Topliss-reactive ketones (excluding diaryl/α,β-unsaturated/α-hetero) is 1. The summed E-state index contributed by atoms with van der Waals surface area (Å²) in [5.74, 6) is -0.326. The number of anilines is 1. The number of hydrogen-bond acceptors (Lipinski definition) is 7. The smallest absolute Gasteiger partial charge is 0.301 e. The summed E-state index contributed by atoms with van der Waals surface area (Å²) in [5, 5.41) is 15.3. The van der Waals surface area contributed by atoms with E-state index in [-0.39, 0.29) is 22.6 Å². The number of halogens is 1. The largest absolute Gasteiger partial charge is 0.507 e. The van der Waals surface area contributed by atoms with Gasteiger partial charge in [0.05, 0.1) is 25.8 Å². The zero-order valence-corrected chi connectivity index (χ0v) is 21.5. The maximum Gasteiger partial charge on any atom is 0.301 e. The highest BCUT2D eigenvalue weighted by Crippen LogP contribution is 2.44. The van der Waals surface area contributed by atoms with Gasteiger partial charge in [0.25, 0.3) is 5.78 Å². The number of carbonyl (C=O) groups is 2. The highest BCUT2D eigenvalue weighted by atomic mass is 79.9. The van der Waals surface area contributed by atoms with E-state index in [1.807, 2.05) is 20.8 Å². The van der Waals surface area contributed by atoms with Crippen molar-refractivity contribution >= 4 is 39.2 Å². The van der Waals surface area contributed by atoms with E-state index in [0.717, 1.165) is 4.47 Å². The van der Waals surface area contributed by atoms with Gasteiger partial charge in [-0.05, 0) is 29.8 Å². The molecular formula is C26H25BrN2O6. The Morgan fingerprint density at radius 1 is 1.03 bits per heavy atom. The number of carbonyl (C=O) groups excluding carboxylic acids is 2. The molecule has 0 bridgehead atoms. The normalized spacial score (nSPS) is 17.7. The summed E-state index contributed by atoms with van der Waals surface area (Å²) >= 11 is 3.36. The van der Waals surface area contributed by atoms with Crippen LogP contribution in [0.2, 0.25) is 0 Å². The van der Waals surface area contributed by atoms with E-state index in [1.54, 1.807) is 48.5 Å². The van der Waals surface area contributed by atoms with Crippen molar-refractivity contribution in [3.63, 3.8) is 0 Å². The third-order valence-electron chi connectivity index (χ3n) is 5.77. The van der Waals surface area contributed by atoms with Gasteiger partial charge in [0, 0.05) is 21.5 Å². The van der Waals surface area contributed by atoms with Gasteiger partial charge in [-0.2, -0.15) is 0 Å². The van der Waals surface area contributed by atoms with Gasteiger partial charge in [0.15, 0.2) is 17.3 Å². The molecule has 4 rings (SSSR count). The highest BCUT2D eigenvalue weighted by molar-refractivity contribution is 9.10. The number of aliphatic hydroxyl groups excluding tert-OH is 1. The van der Waals surface area contributed by atoms with Crippen LogP contribution in [0.1, 0.15) is 43.7 Å². The maximum absolute atomic E-state index is 13.3. The lowest BCUT2D eigenvalue weighted by molar-refractivity contribution is -0.132. The van der Waals surface area contributed by atoms with Gasteiger partial charge in [0.1, 0.15) is 11.5 Å². The average Bonchev–Trinajstić information content (AvgIpc) is 3.42. The lowest BCUT2D eigenvalue weighted by Crippen LogP contribution is -2.29. The first-order valence-corrected chi connectivity index (χ1v) is 11.6. The van der Waals surface area contributed by atoms with Crippen LogP contribution in [0.3, 0.4) is 0 Å². The number of amides is 1. The molecule has 1 saturated heterocycles. The van der Waals surface area contributed by atoms with Crippen LogP contribution in [0, 0.1) is 0 Å². The summed E-state index contributed by atoms with van der Waals surface area (Å²) in [5.41, 5.74) is 0.493. The molecule has 0 unspecified atom stereocenters. The van der Waals surface area contributed by atoms with E-state index < -0.39 is 17.7 Å². The lowest BCUT2D eigenvalue weighted by atomic mass is 9.93. The fourth-order valence-corrected chi connectivity index (χ4v) is 4.17. The van der Waals surface area contributed by atoms with Gasteiger partial charge in [-0.3, -0.25) is 14.5 Å². The number of aromatic nitrogens is 1. The van der Waals surface area contributed by atoms with Crippen LogP contribution in [-0.4, -0.2) is 36.2 Å². The van der Waals surface area contributed by atoms with Gasteiger partial charge in [-0.1, -0.05) is 60.1 Å². The van der Waals surface area contributed by atoms with Gasteiger partial charge < -0.3 is 19.1 Å². The summed E-state index contributed by atoms with van der Waals surface area (Å²) < 4.78 is 17.1. The molecule has 0 saturated carbocycles. The molecule has 8 nitrogen and oxygen atoms in total. The number of methoxy groups -OCH3 is 2. The summed E-state index contributed by atoms with van der Waals surface area (Å²) in [6, 6.07) is 12.5. The number of aliphatic hydroxyl groups is 1. The molecule has 1 aliphatic heterocycles. The van der Waals surface area contributed by atoms with Gasteiger partial charge >= 0.3 is 5.91 Å². The fourth-order valence-electron chi connectivity index (χ4n) is 3.90. The molecule has 1 aliphatic rings. The minimum Gasteiger partial charge on any atom is -0.507 e. The summed E-state index contributed by atoms with van der Waals surface area (Å²) in [6.07, 6.45) is 0. The standard InChI is InChI=1S/C26H25BrN2O6/c1-26(2,3)19-13-20(28-35-19)29-22(15-8-11-17(33-4)18(12-15)34-5)21(24(31)25(29)32)23(30)14-6-9-16(27)10-7-14/h6-13,22,30H,1-5H3/t22-/m1/s1. The minimum absolute atomic E-state index is 0.0650. The number of ether oxygens (including phenoxy) is 2. The molecule has 1 N–H and O–H groups in total. The predicted octanol–water partition coefficient (Wildman–Crippen LogP) is 5.38. The van der Waals surface area contributed by atoms with Crippen LogP contribution >= 0.6 is 15.9 Å². The SMILES string of the molecule is COc1ccc([C@@H]2C(=C(O)c3ccc(Br)cc3)C(=O)C(=O)N2c2cc(C(C)(C)C)on2)cc1OC. The maximum atomic E-state index is 13.3. The van der Waals surface area contributed by atoms with Crippen molar-refractivity contribution in [2.75, 3.05) is 19.1 Å². The van der Waals surface area contributed by atoms with E-state index in [9.17, 15) is 14.7 Å². The van der Waals surface area contributed by atoms with Gasteiger partial charge in [-0.25, -0.2) is 0 Å². The molecule has 9 heteroatoms. The number of benzene rings is 2. The molecule has 1 amide bonds. The van der Waals surface area contributed by atoms with E-state index >= 15 is 0 Å². The fraction of sp³-hybridized carbons (Fsp3) is 0.269. The zero-order valence-electron chi connectivity index (χ0n) is 20.0. The Hall–Kier alpha value is -3.59. The van der Waals surface area contributed by atoms with Crippen LogP contribution in [0.15, 0.2) is 63.1 Å². The monoisotopic (exact) mass is 540 g/mol. The van der Waals surface area contributed by atoms with Gasteiger partial charge in [0.2, 0.25) is 0 Å². The van der Waals surface area contributed by atoms with Crippen LogP contribution in [-0.2, 0) is 15.0 Å². The second-order valence-electron chi connectivity index (χ2n) is 9.09. The van der Waals surface area contributed by atoms with Crippen molar-refractivity contribution in [3.8, 4) is 11.5 Å². The first kappa shape index (κ1) is 24.5. The first-order valence-electron chi connectivity index (χ1n) is 10.8. The summed E-state index contributed by atoms with van der Waals surface area (Å²) in [4.78, 5) is 27.9. The molecule has 2 aromatic carbocycles. The van der Waals surface area contributed by atoms with E-state index in [2.05, 4.69) is 21.1 Å². The molecule has 0 radical (unpaired) electrons. The van der Waals surface area contributed by atoms with Crippen LogP contribution in [0.5, 0.6) is 11.5 Å². The average molecular weight is 541 g/mol. The number of rotatable bonds is 5. The Kier molecular flexibility index (Phi) is 6.46. The zero-order chi connectivity index (χ0) is 25.5. The van der Waals surface area contributed by atoms with Gasteiger partial charge in [-0.15, -0.1) is 0 Å². The molecule has 3 aromatic rings. The quantitative estimate of drug-likeness (QED) is 0.263. The van der Waals surface area contributed by atoms with E-state index in [4.69, 9.17) is 14.0 Å². The highest BCUT2D eigenvalue weighted by Gasteiger charge is 2.48. The molecule has 0 aliphatic carbocycles. The number of hydrogen-bond donors (Lipinski definition) is 1. The second kappa shape index (κ2) is 9.22. The van der Waals surface area contributed by atoms with E-state index in [1.165, 1.54) is 19.1 Å². The van der Waals surface area contributed by atoms with E-state index in [0.29, 0.717) is 28.4 Å². The third kappa shape index (κ3) is 4.43. The van der Waals surface area contributed by atoms with Crippen LogP contribution in [0.4, 0.5) is 5.82 Å². The summed E-state index contributed by atoms with van der Waals surface area (Å²) in [7, 11) is 3.01. The molecule has 1 fully saturated rings. The van der Waals surface area contributed by atoms with Crippen LogP contribution < -0.4 is 14.4 Å². The first-order chi connectivity index (χ1) is 16.6. The topological polar surface area (TPSA) is 102 Å². The molecule has 1 atom stereocenters. The minimum atomic E-state index is -0.976. The second-order valence-corrected chi connectivity index (χ2v) is 10.0. The number of nitrogens with zero attached hydrogens (tertiary/aromatic N) is 2. The molecule has 0 spiro atoms. The Labute approximate surface area is 211 Å². The molecule has 1 aromatic heterocycles. The Morgan fingerprint density at radius 2 is 1.69 bits per heavy atom. The van der Waals surface area contributed by atoms with Crippen molar-refractivity contribution in [1.29, 1.82) is 0 Å². The van der Waals surface area contributed by atoms with Crippen molar-refractivity contribution in [1.82, 2.24) is 5.16 Å². The molecule has 182 valence electrons. The Bertz CT molecular complexity index is 1320. The van der Waals surface area contributed by atoms with Crippen molar-refractivity contribution in [2.45, 2.75) is 32.2 Å². The molecule has 35 heavy (non-hydrogen) atoms. The molecule has 2 heterocycles. The predicted molar refractivity (Wildman–Crippen MR) is 134 cm³/mol.